The molecule has 0 radical (unpaired) electrons. The summed E-state index contributed by atoms with van der Waals surface area (Å²) >= 11 is 0. The van der Waals surface area contributed by atoms with Crippen LogP contribution in [0, 0.1) is 12.3 Å². The van der Waals surface area contributed by atoms with Gasteiger partial charge in [0.05, 0.1) is 6.10 Å². The lowest BCUT2D eigenvalue weighted by Crippen LogP contribution is -2.14. The van der Waals surface area contributed by atoms with Crippen LogP contribution in [-0.2, 0) is 11.8 Å². The average molecular weight is 302 g/mol. The molecule has 0 spiro atoms. The minimum absolute atomic E-state index is 0.153. The maximum Gasteiger partial charge on any atom is 0.122 e. The highest BCUT2D eigenvalue weighted by molar-refractivity contribution is 5.47. The van der Waals surface area contributed by atoms with Gasteiger partial charge >= 0.3 is 0 Å². The summed E-state index contributed by atoms with van der Waals surface area (Å²) in [7, 11) is 0. The topological polar surface area (TPSA) is 40.5 Å². The molecule has 122 valence electrons. The van der Waals surface area contributed by atoms with Crippen LogP contribution in [-0.4, -0.2) is 10.2 Å². The molecule has 0 saturated heterocycles. The number of terminal acetylenes is 1. The van der Waals surface area contributed by atoms with Gasteiger partial charge in [0, 0.05) is 6.42 Å². The van der Waals surface area contributed by atoms with Crippen molar-refractivity contribution in [3.05, 3.63) is 28.8 Å². The lowest BCUT2D eigenvalue weighted by molar-refractivity contribution is 0.165. The summed E-state index contributed by atoms with van der Waals surface area (Å²) in [5.41, 5.74) is 2.60. The zero-order valence-electron chi connectivity index (χ0n) is 14.4. The van der Waals surface area contributed by atoms with E-state index in [1.54, 1.807) is 0 Å². The van der Waals surface area contributed by atoms with Crippen LogP contribution in [0.15, 0.2) is 12.1 Å². The van der Waals surface area contributed by atoms with Crippen molar-refractivity contribution in [3.63, 3.8) is 0 Å². The van der Waals surface area contributed by atoms with Gasteiger partial charge in [-0.05, 0) is 59.9 Å². The molecule has 2 nitrogen and oxygen atoms in total. The Morgan fingerprint density at radius 2 is 1.91 bits per heavy atom. The number of benzene rings is 1. The molecular weight excluding hydrogens is 272 g/mol. The summed E-state index contributed by atoms with van der Waals surface area (Å²) in [6, 6.07) is 3.91. The van der Waals surface area contributed by atoms with E-state index < -0.39 is 6.10 Å². The number of rotatable bonds is 7. The number of hydrogen-bond acceptors (Lipinski definition) is 2. The van der Waals surface area contributed by atoms with E-state index >= 15 is 0 Å². The molecule has 0 aromatic heterocycles. The lowest BCUT2D eigenvalue weighted by Gasteiger charge is -2.24. The molecule has 1 aromatic carbocycles. The molecule has 0 bridgehead atoms. The highest BCUT2D eigenvalue weighted by Crippen LogP contribution is 2.37. The monoisotopic (exact) mass is 302 g/mol. The summed E-state index contributed by atoms with van der Waals surface area (Å²) in [5, 5.41) is 21.0. The summed E-state index contributed by atoms with van der Waals surface area (Å²) < 4.78 is 0. The Labute approximate surface area is 135 Å². The van der Waals surface area contributed by atoms with E-state index in [1.165, 1.54) is 0 Å². The third kappa shape index (κ3) is 5.07. The van der Waals surface area contributed by atoms with Gasteiger partial charge in [-0.25, -0.2) is 0 Å². The maximum atomic E-state index is 10.6. The highest BCUT2D eigenvalue weighted by Gasteiger charge is 2.22. The third-order valence-corrected chi connectivity index (χ3v) is 4.00. The standard InChI is InChI=1S/C20H30O2/c1-6-8-10-12-18(21)16-13-15(11-9-7-2)19(22)17(14-16)20(3,4)5/h1,13-14,18,21-22H,7-12H2,2-5H3. The van der Waals surface area contributed by atoms with Crippen molar-refractivity contribution in [2.75, 3.05) is 0 Å². The predicted molar refractivity (Wildman–Crippen MR) is 93.1 cm³/mol. The molecule has 1 unspecified atom stereocenters. The number of aromatic hydroxyl groups is 1. The first kappa shape index (κ1) is 18.6. The van der Waals surface area contributed by atoms with Crippen LogP contribution < -0.4 is 0 Å². The molecule has 0 fully saturated rings. The van der Waals surface area contributed by atoms with Crippen LogP contribution in [0.3, 0.4) is 0 Å². The quantitative estimate of drug-likeness (QED) is 0.557. The lowest BCUT2D eigenvalue weighted by atomic mass is 9.82. The number of aryl methyl sites for hydroxylation is 1. The zero-order valence-corrected chi connectivity index (χ0v) is 14.4. The second kappa shape index (κ2) is 8.25. The van der Waals surface area contributed by atoms with Gasteiger partial charge in [-0.3, -0.25) is 0 Å². The number of aliphatic hydroxyl groups excluding tert-OH is 1. The number of aliphatic hydroxyl groups is 1. The second-order valence-electron chi connectivity index (χ2n) is 7.04. The summed E-state index contributed by atoms with van der Waals surface area (Å²) in [6.07, 6.45) is 9.87. The number of phenolic OH excluding ortho intramolecular Hbond substituents is 1. The van der Waals surface area contributed by atoms with E-state index in [4.69, 9.17) is 6.42 Å². The molecule has 1 atom stereocenters. The summed E-state index contributed by atoms with van der Waals surface area (Å²) in [5.74, 6) is 3.00. The van der Waals surface area contributed by atoms with Crippen molar-refractivity contribution in [1.82, 2.24) is 0 Å². The van der Waals surface area contributed by atoms with Crippen molar-refractivity contribution in [2.45, 2.75) is 77.7 Å². The SMILES string of the molecule is C#CCCCC(O)c1cc(CCCC)c(O)c(C(C)(C)C)c1. The van der Waals surface area contributed by atoms with E-state index in [2.05, 4.69) is 33.6 Å². The van der Waals surface area contributed by atoms with E-state index in [-0.39, 0.29) is 5.41 Å². The first-order valence-corrected chi connectivity index (χ1v) is 8.29. The number of phenols is 1. The zero-order chi connectivity index (χ0) is 16.8. The fourth-order valence-corrected chi connectivity index (χ4v) is 2.61. The maximum absolute atomic E-state index is 10.6. The molecule has 0 aliphatic rings. The molecule has 22 heavy (non-hydrogen) atoms. The van der Waals surface area contributed by atoms with Crippen molar-refractivity contribution in [2.24, 2.45) is 0 Å². The molecule has 1 aromatic rings. The van der Waals surface area contributed by atoms with Crippen LogP contribution in [0.4, 0.5) is 0 Å². The molecule has 0 heterocycles. The minimum atomic E-state index is -0.518. The Bertz CT molecular complexity index is 518. The normalized spacial score (nSPS) is 12.9. The van der Waals surface area contributed by atoms with Crippen molar-refractivity contribution in [1.29, 1.82) is 0 Å². The van der Waals surface area contributed by atoms with Gasteiger partial charge < -0.3 is 10.2 Å². The number of hydrogen-bond donors (Lipinski definition) is 2. The third-order valence-electron chi connectivity index (χ3n) is 4.00. The van der Waals surface area contributed by atoms with E-state index in [0.29, 0.717) is 18.6 Å². The van der Waals surface area contributed by atoms with Gasteiger partial charge in [0.15, 0.2) is 0 Å². The second-order valence-corrected chi connectivity index (χ2v) is 7.04. The van der Waals surface area contributed by atoms with E-state index in [9.17, 15) is 10.2 Å². The minimum Gasteiger partial charge on any atom is -0.507 e. The largest absolute Gasteiger partial charge is 0.507 e. The van der Waals surface area contributed by atoms with Crippen LogP contribution >= 0.6 is 0 Å². The van der Waals surface area contributed by atoms with Gasteiger partial charge in [0.1, 0.15) is 5.75 Å². The molecular formula is C20H30O2. The molecule has 0 aliphatic carbocycles. The van der Waals surface area contributed by atoms with Gasteiger partial charge in [-0.1, -0.05) is 34.1 Å². The Balaban J connectivity index is 3.14. The molecule has 2 heteroatoms. The van der Waals surface area contributed by atoms with Gasteiger partial charge in [0.25, 0.3) is 0 Å². The van der Waals surface area contributed by atoms with Crippen molar-refractivity contribution < 1.29 is 10.2 Å². The fourth-order valence-electron chi connectivity index (χ4n) is 2.61. The first-order valence-electron chi connectivity index (χ1n) is 8.29. The van der Waals surface area contributed by atoms with Crippen LogP contribution in [0.1, 0.15) is 82.6 Å². The summed E-state index contributed by atoms with van der Waals surface area (Å²) in [4.78, 5) is 0. The Morgan fingerprint density at radius 3 is 2.45 bits per heavy atom. The van der Waals surface area contributed by atoms with Crippen LogP contribution in [0.5, 0.6) is 5.75 Å². The van der Waals surface area contributed by atoms with E-state index in [0.717, 1.165) is 42.4 Å². The average Bonchev–Trinajstić information content (AvgIpc) is 2.45. The number of unbranched alkanes of at least 4 members (excludes halogenated alkanes) is 2. The van der Waals surface area contributed by atoms with Gasteiger partial charge in [-0.15, -0.1) is 12.3 Å². The Hall–Kier alpha value is -1.46. The Kier molecular flexibility index (Phi) is 6.97. The van der Waals surface area contributed by atoms with Gasteiger partial charge in [-0.2, -0.15) is 0 Å². The fraction of sp³-hybridized carbons (Fsp3) is 0.600. The molecule has 0 aliphatic heterocycles. The smallest absolute Gasteiger partial charge is 0.122 e. The van der Waals surface area contributed by atoms with E-state index in [1.807, 2.05) is 12.1 Å². The highest BCUT2D eigenvalue weighted by atomic mass is 16.3. The molecule has 2 N–H and O–H groups in total. The molecule has 0 amide bonds. The Morgan fingerprint density at radius 1 is 1.23 bits per heavy atom. The van der Waals surface area contributed by atoms with Crippen LogP contribution in [0.25, 0.3) is 0 Å². The summed E-state index contributed by atoms with van der Waals surface area (Å²) in [6.45, 7) is 8.39. The first-order chi connectivity index (χ1) is 10.3. The van der Waals surface area contributed by atoms with Crippen molar-refractivity contribution in [3.8, 4) is 18.1 Å². The van der Waals surface area contributed by atoms with Crippen LogP contribution in [0.2, 0.25) is 0 Å². The van der Waals surface area contributed by atoms with Crippen molar-refractivity contribution >= 4 is 0 Å². The predicted octanol–water partition coefficient (Wildman–Crippen LogP) is 4.87. The van der Waals surface area contributed by atoms with Gasteiger partial charge in [0.2, 0.25) is 0 Å². The molecule has 0 saturated carbocycles. The molecule has 1 rings (SSSR count).